The van der Waals surface area contributed by atoms with Crippen LogP contribution in [0.3, 0.4) is 0 Å². The Morgan fingerprint density at radius 2 is 1.85 bits per heavy atom. The third-order valence-electron chi connectivity index (χ3n) is 2.09. The minimum Gasteiger partial charge on any atom is -0.349 e. The molecule has 3 heteroatoms. The van der Waals surface area contributed by atoms with Gasteiger partial charge in [0.2, 0.25) is 0 Å². The van der Waals surface area contributed by atoms with Gasteiger partial charge in [-0.05, 0) is 13.8 Å². The van der Waals surface area contributed by atoms with Crippen LogP contribution in [0.15, 0.2) is 18.2 Å². The van der Waals surface area contributed by atoms with Crippen molar-refractivity contribution in [1.82, 2.24) is 9.97 Å². The summed E-state index contributed by atoms with van der Waals surface area (Å²) in [5.74, 6) is 1.89. The van der Waals surface area contributed by atoms with Crippen LogP contribution in [0.5, 0.6) is 0 Å². The fourth-order valence-corrected chi connectivity index (χ4v) is 1.52. The van der Waals surface area contributed by atoms with Gasteiger partial charge in [-0.1, -0.05) is 12.2 Å². The van der Waals surface area contributed by atoms with E-state index in [4.69, 9.17) is 0 Å². The van der Waals surface area contributed by atoms with Crippen LogP contribution < -0.4 is 4.90 Å². The maximum absolute atomic E-state index is 4.39. The molecular formula is C10H13N3. The van der Waals surface area contributed by atoms with Crippen molar-refractivity contribution in [2.45, 2.75) is 13.8 Å². The number of anilines is 1. The molecule has 0 unspecified atom stereocenters. The van der Waals surface area contributed by atoms with Gasteiger partial charge in [0.15, 0.2) is 0 Å². The molecule has 0 bridgehead atoms. The second-order valence-corrected chi connectivity index (χ2v) is 3.29. The average Bonchev–Trinajstić information content (AvgIpc) is 2.53. The molecule has 0 saturated carbocycles. The van der Waals surface area contributed by atoms with Crippen LogP contribution in [0.4, 0.5) is 5.82 Å². The summed E-state index contributed by atoms with van der Waals surface area (Å²) in [5.41, 5.74) is 1.04. The number of aromatic nitrogens is 2. The molecule has 0 saturated heterocycles. The number of nitrogens with zero attached hydrogens (tertiary/aromatic N) is 3. The molecule has 2 heterocycles. The van der Waals surface area contributed by atoms with E-state index in [-0.39, 0.29) is 0 Å². The standard InChI is InChI=1S/C10H13N3/c1-8-7-10(12-9(2)11-8)13-5-3-4-6-13/h3-4,7H,5-6H2,1-2H3. The lowest BCUT2D eigenvalue weighted by molar-refractivity contribution is 0.919. The van der Waals surface area contributed by atoms with Crippen LogP contribution in [-0.4, -0.2) is 23.1 Å². The van der Waals surface area contributed by atoms with Gasteiger partial charge in [0.25, 0.3) is 0 Å². The molecular weight excluding hydrogens is 162 g/mol. The van der Waals surface area contributed by atoms with E-state index in [1.54, 1.807) is 0 Å². The number of aryl methyl sites for hydroxylation is 2. The van der Waals surface area contributed by atoms with Gasteiger partial charge < -0.3 is 4.90 Å². The van der Waals surface area contributed by atoms with E-state index in [0.29, 0.717) is 0 Å². The molecule has 2 rings (SSSR count). The van der Waals surface area contributed by atoms with Crippen LogP contribution >= 0.6 is 0 Å². The van der Waals surface area contributed by atoms with Crippen molar-refractivity contribution < 1.29 is 0 Å². The highest BCUT2D eigenvalue weighted by atomic mass is 15.2. The summed E-state index contributed by atoms with van der Waals surface area (Å²) in [7, 11) is 0. The molecule has 13 heavy (non-hydrogen) atoms. The molecule has 68 valence electrons. The molecule has 1 aromatic heterocycles. The van der Waals surface area contributed by atoms with E-state index in [1.165, 1.54) is 0 Å². The van der Waals surface area contributed by atoms with Crippen LogP contribution in [-0.2, 0) is 0 Å². The van der Waals surface area contributed by atoms with Crippen LogP contribution in [0, 0.1) is 13.8 Å². The van der Waals surface area contributed by atoms with Crippen molar-refractivity contribution in [1.29, 1.82) is 0 Å². The third-order valence-corrected chi connectivity index (χ3v) is 2.09. The van der Waals surface area contributed by atoms with E-state index in [2.05, 4.69) is 27.0 Å². The summed E-state index contributed by atoms with van der Waals surface area (Å²) in [5, 5.41) is 0. The number of rotatable bonds is 1. The molecule has 0 aliphatic carbocycles. The zero-order chi connectivity index (χ0) is 9.26. The largest absolute Gasteiger partial charge is 0.349 e. The fraction of sp³-hybridized carbons (Fsp3) is 0.400. The minimum absolute atomic E-state index is 0.849. The monoisotopic (exact) mass is 175 g/mol. The second kappa shape index (κ2) is 3.17. The SMILES string of the molecule is Cc1cc(N2CC=CC2)nc(C)n1. The summed E-state index contributed by atoms with van der Waals surface area (Å²) in [4.78, 5) is 10.9. The molecule has 0 N–H and O–H groups in total. The number of hydrogen-bond donors (Lipinski definition) is 0. The Kier molecular flexibility index (Phi) is 2.00. The summed E-state index contributed by atoms with van der Waals surface area (Å²) in [6.07, 6.45) is 4.32. The van der Waals surface area contributed by atoms with Crippen LogP contribution in [0.2, 0.25) is 0 Å². The predicted octanol–water partition coefficient (Wildman–Crippen LogP) is 1.47. The highest BCUT2D eigenvalue weighted by Crippen LogP contribution is 2.14. The van der Waals surface area contributed by atoms with Gasteiger partial charge in [0.1, 0.15) is 11.6 Å². The van der Waals surface area contributed by atoms with E-state index in [9.17, 15) is 0 Å². The Morgan fingerprint density at radius 1 is 1.15 bits per heavy atom. The minimum atomic E-state index is 0.849. The summed E-state index contributed by atoms with van der Waals surface area (Å²) in [6.45, 7) is 5.87. The topological polar surface area (TPSA) is 29.0 Å². The first-order valence-electron chi connectivity index (χ1n) is 4.48. The van der Waals surface area contributed by atoms with E-state index in [0.717, 1.165) is 30.4 Å². The molecule has 3 nitrogen and oxygen atoms in total. The molecule has 1 aliphatic heterocycles. The summed E-state index contributed by atoms with van der Waals surface area (Å²) >= 11 is 0. The molecule has 1 aliphatic rings. The van der Waals surface area contributed by atoms with E-state index in [1.807, 2.05) is 19.9 Å². The maximum Gasteiger partial charge on any atom is 0.133 e. The Morgan fingerprint density at radius 3 is 2.46 bits per heavy atom. The van der Waals surface area contributed by atoms with Crippen LogP contribution in [0.25, 0.3) is 0 Å². The third kappa shape index (κ3) is 1.69. The highest BCUT2D eigenvalue weighted by molar-refractivity contribution is 5.43. The maximum atomic E-state index is 4.39. The number of hydrogen-bond acceptors (Lipinski definition) is 3. The lowest BCUT2D eigenvalue weighted by Crippen LogP contribution is -2.20. The molecule has 1 aromatic rings. The molecule has 0 fully saturated rings. The van der Waals surface area contributed by atoms with Crippen molar-refractivity contribution >= 4 is 5.82 Å². The van der Waals surface area contributed by atoms with Gasteiger partial charge >= 0.3 is 0 Å². The summed E-state index contributed by atoms with van der Waals surface area (Å²) < 4.78 is 0. The zero-order valence-corrected chi connectivity index (χ0v) is 7.99. The average molecular weight is 175 g/mol. The summed E-state index contributed by atoms with van der Waals surface area (Å²) in [6, 6.07) is 2.03. The van der Waals surface area contributed by atoms with Gasteiger partial charge in [0, 0.05) is 24.8 Å². The molecule has 0 spiro atoms. The predicted molar refractivity (Wildman–Crippen MR) is 52.9 cm³/mol. The quantitative estimate of drug-likeness (QED) is 0.605. The Balaban J connectivity index is 2.29. The molecule has 0 aromatic carbocycles. The molecule has 0 radical (unpaired) electrons. The lowest BCUT2D eigenvalue weighted by atomic mass is 10.4. The molecule has 0 atom stereocenters. The van der Waals surface area contributed by atoms with Crippen LogP contribution in [0.1, 0.15) is 11.5 Å². The highest BCUT2D eigenvalue weighted by Gasteiger charge is 2.09. The van der Waals surface area contributed by atoms with Crippen molar-refractivity contribution in [3.8, 4) is 0 Å². The van der Waals surface area contributed by atoms with Gasteiger partial charge in [-0.2, -0.15) is 0 Å². The van der Waals surface area contributed by atoms with Crippen molar-refractivity contribution in [3.05, 3.63) is 29.7 Å². The van der Waals surface area contributed by atoms with Crippen molar-refractivity contribution in [2.24, 2.45) is 0 Å². The first-order chi connectivity index (χ1) is 6.25. The van der Waals surface area contributed by atoms with E-state index < -0.39 is 0 Å². The normalized spacial score (nSPS) is 15.4. The van der Waals surface area contributed by atoms with Crippen molar-refractivity contribution in [3.63, 3.8) is 0 Å². The van der Waals surface area contributed by atoms with Gasteiger partial charge in [-0.3, -0.25) is 0 Å². The van der Waals surface area contributed by atoms with Gasteiger partial charge in [0.05, 0.1) is 0 Å². The smallest absolute Gasteiger partial charge is 0.133 e. The van der Waals surface area contributed by atoms with Crippen molar-refractivity contribution in [2.75, 3.05) is 18.0 Å². The first-order valence-corrected chi connectivity index (χ1v) is 4.48. The van der Waals surface area contributed by atoms with Gasteiger partial charge in [-0.25, -0.2) is 9.97 Å². The second-order valence-electron chi connectivity index (χ2n) is 3.29. The Bertz CT molecular complexity index is 316. The lowest BCUT2D eigenvalue weighted by Gasteiger charge is -2.16. The zero-order valence-electron chi connectivity index (χ0n) is 7.99. The Hall–Kier alpha value is -1.38. The molecule has 0 amide bonds. The fourth-order valence-electron chi connectivity index (χ4n) is 1.52. The Labute approximate surface area is 78.1 Å². The first kappa shape index (κ1) is 8.23. The van der Waals surface area contributed by atoms with Gasteiger partial charge in [-0.15, -0.1) is 0 Å². The van der Waals surface area contributed by atoms with E-state index >= 15 is 0 Å².